The molecule has 0 unspecified atom stereocenters. The molecular formula is C28H20F3N3O2S. The van der Waals surface area contributed by atoms with Gasteiger partial charge in [-0.1, -0.05) is 72.0 Å². The highest BCUT2D eigenvalue weighted by Crippen LogP contribution is 2.31. The first-order valence-corrected chi connectivity index (χ1v) is 12.2. The molecular weight excluding hydrogens is 499 g/mol. The van der Waals surface area contributed by atoms with Gasteiger partial charge in [0.2, 0.25) is 0 Å². The molecule has 0 saturated heterocycles. The number of hydrogen-bond donors (Lipinski definition) is 1. The fraction of sp³-hybridized carbons (Fsp3) is 0.107. The van der Waals surface area contributed by atoms with Crippen molar-refractivity contribution in [3.8, 4) is 0 Å². The van der Waals surface area contributed by atoms with Crippen LogP contribution in [-0.2, 0) is 11.0 Å². The molecule has 1 aromatic heterocycles. The zero-order chi connectivity index (χ0) is 26.2. The SMILES string of the molecule is CC1=C(C(=O)Nc2ccccc2)[C@H](c2ccccc2)n2c(s/c(=C/c3ccc(C(F)(F)F)cc3)c2=O)=N1. The highest BCUT2D eigenvalue weighted by Gasteiger charge is 2.32. The van der Waals surface area contributed by atoms with Crippen molar-refractivity contribution in [2.24, 2.45) is 4.99 Å². The van der Waals surface area contributed by atoms with Crippen LogP contribution in [-0.4, -0.2) is 10.5 Å². The van der Waals surface area contributed by atoms with Crippen LogP contribution in [0.5, 0.6) is 0 Å². The third-order valence-corrected chi connectivity index (χ3v) is 6.93. The summed E-state index contributed by atoms with van der Waals surface area (Å²) in [5.41, 5.74) is 1.46. The second kappa shape index (κ2) is 9.67. The summed E-state index contributed by atoms with van der Waals surface area (Å²) in [7, 11) is 0. The van der Waals surface area contributed by atoms with Crippen molar-refractivity contribution in [1.29, 1.82) is 0 Å². The third kappa shape index (κ3) is 4.90. The summed E-state index contributed by atoms with van der Waals surface area (Å²) in [5, 5.41) is 2.89. The first kappa shape index (κ1) is 24.5. The van der Waals surface area contributed by atoms with Gasteiger partial charge in [-0.05, 0) is 48.4 Å². The molecule has 1 atom stereocenters. The van der Waals surface area contributed by atoms with E-state index in [2.05, 4.69) is 10.3 Å². The number of anilines is 1. The quantitative estimate of drug-likeness (QED) is 0.417. The Morgan fingerprint density at radius 2 is 1.59 bits per heavy atom. The number of hydrogen-bond acceptors (Lipinski definition) is 4. The summed E-state index contributed by atoms with van der Waals surface area (Å²) in [6.07, 6.45) is -2.91. The summed E-state index contributed by atoms with van der Waals surface area (Å²) < 4.78 is 40.6. The number of carbonyl (C=O) groups excluding carboxylic acids is 1. The Morgan fingerprint density at radius 1 is 0.973 bits per heavy atom. The van der Waals surface area contributed by atoms with Crippen molar-refractivity contribution < 1.29 is 18.0 Å². The summed E-state index contributed by atoms with van der Waals surface area (Å²) in [6, 6.07) is 22.0. The van der Waals surface area contributed by atoms with Crippen molar-refractivity contribution >= 4 is 29.0 Å². The van der Waals surface area contributed by atoms with Crippen LogP contribution in [0.1, 0.15) is 29.7 Å². The van der Waals surface area contributed by atoms with Crippen LogP contribution < -0.4 is 20.2 Å². The zero-order valence-electron chi connectivity index (χ0n) is 19.5. The standard InChI is InChI=1S/C28H20F3N3O2S/c1-17-23(25(35)33-21-10-6-3-7-11-21)24(19-8-4-2-5-9-19)34-26(36)22(37-27(34)32-17)16-18-12-14-20(15-13-18)28(29,30)31/h2-16,24H,1H3,(H,33,35)/b22-16+/t24-/m0/s1. The first-order chi connectivity index (χ1) is 17.7. The Bertz CT molecular complexity index is 1670. The second-order valence-electron chi connectivity index (χ2n) is 8.43. The van der Waals surface area contributed by atoms with E-state index in [1.165, 1.54) is 22.8 Å². The number of fused-ring (bicyclic) bond motifs is 1. The molecule has 37 heavy (non-hydrogen) atoms. The number of thiazole rings is 1. The number of allylic oxidation sites excluding steroid dienone is 1. The molecule has 186 valence electrons. The largest absolute Gasteiger partial charge is 0.416 e. The van der Waals surface area contributed by atoms with Gasteiger partial charge in [-0.25, -0.2) is 4.99 Å². The minimum atomic E-state index is -4.44. The van der Waals surface area contributed by atoms with Gasteiger partial charge in [0.05, 0.1) is 27.4 Å². The Labute approximate surface area is 213 Å². The fourth-order valence-electron chi connectivity index (χ4n) is 4.20. The number of nitrogens with zero attached hydrogens (tertiary/aromatic N) is 2. The summed E-state index contributed by atoms with van der Waals surface area (Å²) >= 11 is 1.13. The molecule has 2 heterocycles. The number of nitrogens with one attached hydrogen (secondary N) is 1. The molecule has 0 spiro atoms. The van der Waals surface area contributed by atoms with Gasteiger partial charge < -0.3 is 5.32 Å². The highest BCUT2D eigenvalue weighted by molar-refractivity contribution is 7.07. The van der Waals surface area contributed by atoms with Gasteiger partial charge in [0.15, 0.2) is 4.80 Å². The van der Waals surface area contributed by atoms with E-state index in [0.717, 1.165) is 29.0 Å². The normalized spacial score (nSPS) is 15.8. The number of carbonyl (C=O) groups is 1. The van der Waals surface area contributed by atoms with Crippen LogP contribution in [0.3, 0.4) is 0 Å². The smallest absolute Gasteiger partial charge is 0.322 e. The van der Waals surface area contributed by atoms with Crippen molar-refractivity contribution in [3.63, 3.8) is 0 Å². The monoisotopic (exact) mass is 519 g/mol. The molecule has 1 aliphatic rings. The zero-order valence-corrected chi connectivity index (χ0v) is 20.3. The molecule has 0 bridgehead atoms. The van der Waals surface area contributed by atoms with Gasteiger partial charge in [-0.2, -0.15) is 13.2 Å². The maximum atomic E-state index is 13.6. The highest BCUT2D eigenvalue weighted by atomic mass is 32.1. The van der Waals surface area contributed by atoms with Crippen molar-refractivity contribution in [2.75, 3.05) is 5.32 Å². The number of para-hydroxylation sites is 1. The molecule has 5 nitrogen and oxygen atoms in total. The lowest BCUT2D eigenvalue weighted by Gasteiger charge is -2.25. The Morgan fingerprint density at radius 3 is 2.22 bits per heavy atom. The summed E-state index contributed by atoms with van der Waals surface area (Å²) in [5.74, 6) is -0.377. The lowest BCUT2D eigenvalue weighted by molar-refractivity contribution is -0.137. The molecule has 0 radical (unpaired) electrons. The molecule has 5 rings (SSSR count). The van der Waals surface area contributed by atoms with Crippen LogP contribution in [0.2, 0.25) is 0 Å². The van der Waals surface area contributed by atoms with Gasteiger partial charge in [-0.15, -0.1) is 0 Å². The van der Waals surface area contributed by atoms with E-state index in [-0.39, 0.29) is 11.5 Å². The molecule has 9 heteroatoms. The maximum absolute atomic E-state index is 13.6. The molecule has 0 aliphatic carbocycles. The van der Waals surface area contributed by atoms with E-state index in [1.807, 2.05) is 48.5 Å². The minimum absolute atomic E-state index is 0.303. The molecule has 0 saturated carbocycles. The maximum Gasteiger partial charge on any atom is 0.416 e. The van der Waals surface area contributed by atoms with Crippen LogP contribution in [0.15, 0.2) is 106 Å². The molecule has 1 aliphatic heterocycles. The van der Waals surface area contributed by atoms with Gasteiger partial charge >= 0.3 is 6.18 Å². The van der Waals surface area contributed by atoms with Crippen LogP contribution in [0.4, 0.5) is 18.9 Å². The van der Waals surface area contributed by atoms with Crippen molar-refractivity contribution in [3.05, 3.63) is 133 Å². The predicted molar refractivity (Wildman–Crippen MR) is 137 cm³/mol. The number of halogens is 3. The van der Waals surface area contributed by atoms with Gasteiger partial charge in [0.25, 0.3) is 11.5 Å². The van der Waals surface area contributed by atoms with E-state index in [9.17, 15) is 22.8 Å². The van der Waals surface area contributed by atoms with E-state index < -0.39 is 17.8 Å². The van der Waals surface area contributed by atoms with Crippen molar-refractivity contribution in [1.82, 2.24) is 4.57 Å². The van der Waals surface area contributed by atoms with E-state index >= 15 is 0 Å². The number of rotatable bonds is 4. The molecule has 3 aromatic carbocycles. The fourth-order valence-corrected chi connectivity index (χ4v) is 5.25. The summed E-state index contributed by atoms with van der Waals surface area (Å²) in [4.78, 5) is 32.0. The third-order valence-electron chi connectivity index (χ3n) is 5.95. The van der Waals surface area contributed by atoms with E-state index in [1.54, 1.807) is 19.1 Å². The molecule has 1 amide bonds. The Kier molecular flexibility index (Phi) is 6.39. The lowest BCUT2D eigenvalue weighted by Crippen LogP contribution is -2.40. The summed E-state index contributed by atoms with van der Waals surface area (Å²) in [6.45, 7) is 1.72. The van der Waals surface area contributed by atoms with E-state index in [0.29, 0.717) is 31.9 Å². The number of benzene rings is 3. The topological polar surface area (TPSA) is 63.5 Å². The van der Waals surface area contributed by atoms with Crippen molar-refractivity contribution in [2.45, 2.75) is 19.1 Å². The number of amides is 1. The van der Waals surface area contributed by atoms with Gasteiger partial charge in [-0.3, -0.25) is 14.2 Å². The Balaban J connectivity index is 1.62. The molecule has 0 fully saturated rings. The van der Waals surface area contributed by atoms with E-state index in [4.69, 9.17) is 0 Å². The average Bonchev–Trinajstić information content (AvgIpc) is 3.18. The van der Waals surface area contributed by atoms with Crippen LogP contribution >= 0.6 is 11.3 Å². The molecule has 4 aromatic rings. The Hall–Kier alpha value is -4.24. The van der Waals surface area contributed by atoms with Gasteiger partial charge in [0, 0.05) is 5.69 Å². The van der Waals surface area contributed by atoms with Crippen LogP contribution in [0, 0.1) is 0 Å². The first-order valence-electron chi connectivity index (χ1n) is 11.3. The molecule has 1 N–H and O–H groups in total. The van der Waals surface area contributed by atoms with Gasteiger partial charge in [0.1, 0.15) is 0 Å². The predicted octanol–water partition coefficient (Wildman–Crippen LogP) is 4.89. The second-order valence-corrected chi connectivity index (χ2v) is 9.44. The van der Waals surface area contributed by atoms with Crippen LogP contribution in [0.25, 0.3) is 6.08 Å². The lowest BCUT2D eigenvalue weighted by atomic mass is 9.95. The number of aromatic nitrogens is 1. The minimum Gasteiger partial charge on any atom is -0.322 e. The number of alkyl halides is 3. The average molecular weight is 520 g/mol.